The molecule has 0 aliphatic heterocycles. The van der Waals surface area contributed by atoms with E-state index < -0.39 is 0 Å². The molecule has 6 aromatic carbocycles. The zero-order valence-electron chi connectivity index (χ0n) is 44.6. The summed E-state index contributed by atoms with van der Waals surface area (Å²) in [5, 5.41) is 59.4. The van der Waals surface area contributed by atoms with Crippen LogP contribution in [0.15, 0.2) is 253 Å². The van der Waals surface area contributed by atoms with Gasteiger partial charge < -0.3 is 4.90 Å². The Morgan fingerprint density at radius 1 is 0.235 bits per heavy atom. The maximum Gasteiger partial charge on any atom is 0.138 e. The Labute approximate surface area is 515 Å². The summed E-state index contributed by atoms with van der Waals surface area (Å²) in [4.78, 5) is 14.6. The summed E-state index contributed by atoms with van der Waals surface area (Å²) in [6, 6.07) is 92.4. The Bertz CT molecular complexity index is 4270. The fourth-order valence-corrected chi connectivity index (χ4v) is 16.5. The van der Waals surface area contributed by atoms with Crippen molar-refractivity contribution in [1.29, 1.82) is 31.6 Å². The predicted molar refractivity (Wildman–Crippen MR) is 352 cm³/mol. The van der Waals surface area contributed by atoms with Crippen molar-refractivity contribution in [2.75, 3.05) is 4.90 Å². The molecule has 0 saturated heterocycles. The van der Waals surface area contributed by atoms with Crippen LogP contribution >= 0.6 is 68.0 Å². The second-order valence-corrected chi connectivity index (χ2v) is 25.5. The van der Waals surface area contributed by atoms with E-state index in [-0.39, 0.29) is 16.7 Å². The number of benzene rings is 6. The quantitative estimate of drug-likeness (QED) is 0.0929. The Morgan fingerprint density at radius 3 is 0.706 bits per heavy atom. The summed E-state index contributed by atoms with van der Waals surface area (Å²) in [5.41, 5.74) is 10.8. The monoisotopic (exact) mass is 1190 g/mol. The summed E-state index contributed by atoms with van der Waals surface area (Å²) in [6.45, 7) is 0. The molecule has 6 heterocycles. The third-order valence-corrected chi connectivity index (χ3v) is 21.2. The SMILES string of the molecule is N#CC(C#N)=C(c1ccccc1)c1ccc(-c2ccc(-c3ccc(N(c4ccc(-c5ccc(-c6ccc(C(=C(C#N)C#N)c7ccccc7)s6)s5)cc4)c4ccc(-c5ccc(-c6ccc(C(=C(C#N)C#N)c7ccccc7)s6)s5)cc4)cc3)s2)s1. The third-order valence-electron chi connectivity index (χ3n) is 13.9. The Balaban J connectivity index is 0.840. The lowest BCUT2D eigenvalue weighted by Gasteiger charge is -2.26. The molecule has 12 aromatic rings. The lowest BCUT2D eigenvalue weighted by atomic mass is 9.99. The third kappa shape index (κ3) is 11.4. The van der Waals surface area contributed by atoms with Crippen molar-refractivity contribution in [2.45, 2.75) is 0 Å². The van der Waals surface area contributed by atoms with Crippen LogP contribution in [0.5, 0.6) is 0 Å². The molecule has 6 aromatic heterocycles. The van der Waals surface area contributed by atoms with Gasteiger partial charge in [0.2, 0.25) is 0 Å². The highest BCUT2D eigenvalue weighted by atomic mass is 32.1. The molecule has 0 fully saturated rings. The van der Waals surface area contributed by atoms with Gasteiger partial charge in [-0.2, -0.15) is 31.6 Å². The molecule has 85 heavy (non-hydrogen) atoms. The zero-order chi connectivity index (χ0) is 58.2. The predicted octanol–water partition coefficient (Wildman–Crippen LogP) is 21.1. The van der Waals surface area contributed by atoms with Gasteiger partial charge in [0.15, 0.2) is 0 Å². The first-order chi connectivity index (χ1) is 41.8. The molecule has 0 radical (unpaired) electrons. The van der Waals surface area contributed by atoms with Crippen LogP contribution < -0.4 is 4.90 Å². The van der Waals surface area contributed by atoms with Gasteiger partial charge in [0.25, 0.3) is 0 Å². The van der Waals surface area contributed by atoms with Crippen molar-refractivity contribution < 1.29 is 0 Å². The average molecular weight is 1190 g/mol. The Kier molecular flexibility index (Phi) is 16.1. The minimum atomic E-state index is 0.0830. The standard InChI is InChI=1S/C72H39N7S6/c73-40-52(41-74)70(49-10-4-1-5-11-49)67-37-34-64(83-67)61-31-28-58(80-61)46-16-22-55(23-17-46)79(56-24-18-47(19-25-56)59-29-32-62(81-59)65-35-38-68(84-65)71(53(42-75)43-76)50-12-6-2-7-13-50)57-26-20-48(21-27-57)60-30-33-63(82-60)66-36-39-69(85-66)72(54(44-77)45-78)51-14-8-3-9-15-51/h1-39H. The lowest BCUT2D eigenvalue weighted by molar-refractivity contribution is 1.28. The van der Waals surface area contributed by atoms with E-state index in [9.17, 15) is 31.6 Å². The van der Waals surface area contributed by atoms with Crippen LogP contribution in [0.4, 0.5) is 17.1 Å². The van der Waals surface area contributed by atoms with E-state index in [0.717, 1.165) is 109 Å². The molecule has 7 nitrogen and oxygen atoms in total. The zero-order valence-corrected chi connectivity index (χ0v) is 49.5. The van der Waals surface area contributed by atoms with Crippen molar-refractivity contribution in [2.24, 2.45) is 0 Å². The minimum Gasteiger partial charge on any atom is -0.311 e. The highest BCUT2D eigenvalue weighted by Gasteiger charge is 2.21. The smallest absolute Gasteiger partial charge is 0.138 e. The number of nitrogens with zero attached hydrogens (tertiary/aromatic N) is 7. The highest BCUT2D eigenvalue weighted by molar-refractivity contribution is 7.25. The van der Waals surface area contributed by atoms with Gasteiger partial charge in [-0.1, -0.05) is 127 Å². The lowest BCUT2D eigenvalue weighted by Crippen LogP contribution is -2.09. The number of anilines is 3. The molecule has 0 aliphatic carbocycles. The topological polar surface area (TPSA) is 146 Å². The second-order valence-electron chi connectivity index (χ2n) is 19.0. The minimum absolute atomic E-state index is 0.0830. The number of hydrogen-bond acceptors (Lipinski definition) is 13. The maximum atomic E-state index is 9.90. The number of hydrogen-bond donors (Lipinski definition) is 0. The maximum absolute atomic E-state index is 9.90. The van der Waals surface area contributed by atoms with Crippen LogP contribution in [0.2, 0.25) is 0 Å². The Morgan fingerprint density at radius 2 is 0.459 bits per heavy atom. The van der Waals surface area contributed by atoms with Gasteiger partial charge in [-0.15, -0.1) is 68.0 Å². The normalized spacial score (nSPS) is 10.5. The first kappa shape index (κ1) is 55.0. The highest BCUT2D eigenvalue weighted by Crippen LogP contribution is 2.46. The van der Waals surface area contributed by atoms with Gasteiger partial charge in [-0.25, -0.2) is 0 Å². The van der Waals surface area contributed by atoms with Crippen molar-refractivity contribution in [3.63, 3.8) is 0 Å². The Hall–Kier alpha value is -10.5. The molecule has 0 amide bonds. The van der Waals surface area contributed by atoms with E-state index in [4.69, 9.17) is 0 Å². The average Bonchev–Trinajstić information content (AvgIpc) is 4.65. The summed E-state index contributed by atoms with van der Waals surface area (Å²) in [5.74, 6) is 0. The van der Waals surface area contributed by atoms with Crippen LogP contribution in [-0.2, 0) is 0 Å². The van der Waals surface area contributed by atoms with Crippen LogP contribution in [0, 0.1) is 68.0 Å². The number of rotatable bonds is 15. The molecule has 13 heteroatoms. The van der Waals surface area contributed by atoms with E-state index >= 15 is 0 Å². The molecule has 0 spiro atoms. The molecule has 398 valence electrons. The van der Waals surface area contributed by atoms with E-state index in [1.807, 2.05) is 109 Å². The number of nitriles is 6. The molecule has 0 N–H and O–H groups in total. The van der Waals surface area contributed by atoms with Gasteiger partial charge in [0.1, 0.15) is 53.1 Å². The molecule has 0 saturated carbocycles. The van der Waals surface area contributed by atoms with Crippen LogP contribution in [-0.4, -0.2) is 0 Å². The van der Waals surface area contributed by atoms with E-state index in [2.05, 4.69) is 169 Å². The van der Waals surface area contributed by atoms with Gasteiger partial charge in [0, 0.05) is 92.3 Å². The fraction of sp³-hybridized carbons (Fsp3) is 0. The van der Waals surface area contributed by atoms with Gasteiger partial charge >= 0.3 is 0 Å². The molecular weight excluding hydrogens is 1160 g/mol. The largest absolute Gasteiger partial charge is 0.311 e. The molecule has 0 aliphatic rings. The first-order valence-electron chi connectivity index (χ1n) is 26.4. The van der Waals surface area contributed by atoms with Gasteiger partial charge in [-0.05, 0) is 143 Å². The van der Waals surface area contributed by atoms with Crippen molar-refractivity contribution in [3.05, 3.63) is 285 Å². The molecule has 0 atom stereocenters. The molecule has 12 rings (SSSR count). The van der Waals surface area contributed by atoms with E-state index in [1.54, 1.807) is 68.0 Å². The van der Waals surface area contributed by atoms with Crippen molar-refractivity contribution in [3.8, 4) is 97.0 Å². The van der Waals surface area contributed by atoms with Crippen LogP contribution in [0.25, 0.3) is 77.3 Å². The summed E-state index contributed by atoms with van der Waals surface area (Å²) in [7, 11) is 0. The van der Waals surface area contributed by atoms with Crippen LogP contribution in [0.1, 0.15) is 31.3 Å². The van der Waals surface area contributed by atoms with Gasteiger partial charge in [-0.3, -0.25) is 0 Å². The molecule has 0 unspecified atom stereocenters. The van der Waals surface area contributed by atoms with Crippen LogP contribution in [0.3, 0.4) is 0 Å². The van der Waals surface area contributed by atoms with E-state index in [1.165, 1.54) is 0 Å². The first-order valence-corrected chi connectivity index (χ1v) is 31.3. The molecule has 0 bridgehead atoms. The second kappa shape index (κ2) is 24.9. The van der Waals surface area contributed by atoms with Crippen molar-refractivity contribution >= 4 is 102 Å². The molecular formula is C72H39N7S6. The van der Waals surface area contributed by atoms with Gasteiger partial charge in [0.05, 0.1) is 0 Å². The summed E-state index contributed by atoms with van der Waals surface area (Å²) < 4.78 is 0. The van der Waals surface area contributed by atoms with E-state index in [0.29, 0.717) is 16.7 Å². The summed E-state index contributed by atoms with van der Waals surface area (Å²) >= 11 is 9.81. The summed E-state index contributed by atoms with van der Waals surface area (Å²) in [6.07, 6.45) is 0. The fourth-order valence-electron chi connectivity index (χ4n) is 9.92. The van der Waals surface area contributed by atoms with Crippen molar-refractivity contribution in [1.82, 2.24) is 0 Å². The number of allylic oxidation sites excluding steroid dienone is 3. The number of thiophene rings is 6.